The molecule has 0 amide bonds. The van der Waals surface area contributed by atoms with Crippen molar-refractivity contribution in [3.05, 3.63) is 40.4 Å². The summed E-state index contributed by atoms with van der Waals surface area (Å²) >= 11 is 6.45. The number of hydrogen-bond donors (Lipinski definition) is 0. The van der Waals surface area contributed by atoms with Crippen LogP contribution in [-0.2, 0) is 5.33 Å². The van der Waals surface area contributed by atoms with Crippen molar-refractivity contribution >= 4 is 31.9 Å². The van der Waals surface area contributed by atoms with E-state index >= 15 is 0 Å². The van der Waals surface area contributed by atoms with Crippen LogP contribution in [0.15, 0.2) is 28.9 Å². The average Bonchev–Trinajstić information content (AvgIpc) is 2.66. The molecule has 1 aromatic carbocycles. The SMILES string of the molecule is Fc1cc(Br)ccc1-n1cc(CBr)nn1. The topological polar surface area (TPSA) is 30.7 Å². The van der Waals surface area contributed by atoms with Crippen molar-refractivity contribution in [2.24, 2.45) is 0 Å². The Kier molecular flexibility index (Phi) is 3.16. The summed E-state index contributed by atoms with van der Waals surface area (Å²) in [5.74, 6) is -0.338. The van der Waals surface area contributed by atoms with Crippen LogP contribution in [0.3, 0.4) is 0 Å². The summed E-state index contributed by atoms with van der Waals surface area (Å²) in [5, 5.41) is 8.29. The smallest absolute Gasteiger partial charge is 0.150 e. The Morgan fingerprint density at radius 1 is 1.40 bits per heavy atom. The quantitative estimate of drug-likeness (QED) is 0.790. The molecule has 2 rings (SSSR count). The Bertz CT molecular complexity index is 484. The van der Waals surface area contributed by atoms with Crippen molar-refractivity contribution in [3.8, 4) is 5.69 Å². The molecule has 1 aromatic heterocycles. The Balaban J connectivity index is 2.44. The van der Waals surface area contributed by atoms with Gasteiger partial charge in [-0.2, -0.15) is 0 Å². The van der Waals surface area contributed by atoms with Crippen LogP contribution in [0.25, 0.3) is 5.69 Å². The van der Waals surface area contributed by atoms with E-state index in [9.17, 15) is 4.39 Å². The van der Waals surface area contributed by atoms with Gasteiger partial charge in [-0.25, -0.2) is 9.07 Å². The summed E-state index contributed by atoms with van der Waals surface area (Å²) in [6.07, 6.45) is 1.68. The fourth-order valence-corrected chi connectivity index (χ4v) is 1.73. The van der Waals surface area contributed by atoms with Gasteiger partial charge in [0.1, 0.15) is 11.5 Å². The first-order valence-corrected chi connectivity index (χ1v) is 6.05. The molecule has 0 radical (unpaired) electrons. The molecular weight excluding hydrogens is 329 g/mol. The maximum atomic E-state index is 13.5. The third-order valence-electron chi connectivity index (χ3n) is 1.83. The fraction of sp³-hybridized carbons (Fsp3) is 0.111. The first-order valence-electron chi connectivity index (χ1n) is 4.13. The fourth-order valence-electron chi connectivity index (χ4n) is 1.14. The van der Waals surface area contributed by atoms with Gasteiger partial charge in [0.2, 0.25) is 0 Å². The molecule has 0 N–H and O–H groups in total. The minimum atomic E-state index is -0.338. The van der Waals surface area contributed by atoms with Crippen LogP contribution in [0.4, 0.5) is 4.39 Å². The molecule has 0 aliphatic carbocycles. The second-order valence-electron chi connectivity index (χ2n) is 2.88. The highest BCUT2D eigenvalue weighted by Gasteiger charge is 2.07. The lowest BCUT2D eigenvalue weighted by Gasteiger charge is -2.01. The van der Waals surface area contributed by atoms with Crippen molar-refractivity contribution in [1.29, 1.82) is 0 Å². The number of halogens is 3. The van der Waals surface area contributed by atoms with Gasteiger partial charge in [0.25, 0.3) is 0 Å². The van der Waals surface area contributed by atoms with E-state index < -0.39 is 0 Å². The number of aromatic nitrogens is 3. The van der Waals surface area contributed by atoms with E-state index in [1.165, 1.54) is 10.7 Å². The van der Waals surface area contributed by atoms with Crippen LogP contribution in [0.2, 0.25) is 0 Å². The van der Waals surface area contributed by atoms with Crippen molar-refractivity contribution in [2.45, 2.75) is 5.33 Å². The molecule has 0 aliphatic heterocycles. The van der Waals surface area contributed by atoms with E-state index in [1.807, 2.05) is 0 Å². The molecule has 0 bridgehead atoms. The molecule has 78 valence electrons. The Morgan fingerprint density at radius 3 is 2.80 bits per heavy atom. The van der Waals surface area contributed by atoms with Gasteiger partial charge in [-0.3, -0.25) is 0 Å². The predicted octanol–water partition coefficient (Wildman–Crippen LogP) is 3.06. The molecule has 15 heavy (non-hydrogen) atoms. The lowest BCUT2D eigenvalue weighted by molar-refractivity contribution is 0.606. The minimum Gasteiger partial charge on any atom is -0.217 e. The molecule has 0 aliphatic rings. The number of nitrogens with zero attached hydrogens (tertiary/aromatic N) is 3. The van der Waals surface area contributed by atoms with Gasteiger partial charge in [-0.1, -0.05) is 37.1 Å². The molecule has 2 aromatic rings. The third kappa shape index (κ3) is 2.26. The maximum absolute atomic E-state index is 13.5. The van der Waals surface area contributed by atoms with Crippen molar-refractivity contribution in [3.63, 3.8) is 0 Å². The van der Waals surface area contributed by atoms with Gasteiger partial charge in [-0.05, 0) is 18.2 Å². The lowest BCUT2D eigenvalue weighted by atomic mass is 10.3. The maximum Gasteiger partial charge on any atom is 0.150 e. The summed E-state index contributed by atoms with van der Waals surface area (Å²) < 4.78 is 15.6. The molecule has 0 saturated carbocycles. The van der Waals surface area contributed by atoms with E-state index in [0.29, 0.717) is 15.5 Å². The Morgan fingerprint density at radius 2 is 2.20 bits per heavy atom. The summed E-state index contributed by atoms with van der Waals surface area (Å²) in [5.41, 5.74) is 1.15. The average molecular weight is 335 g/mol. The second kappa shape index (κ2) is 4.40. The molecule has 1 heterocycles. The summed E-state index contributed by atoms with van der Waals surface area (Å²) in [6.45, 7) is 0. The number of alkyl halides is 1. The van der Waals surface area contributed by atoms with Crippen LogP contribution >= 0.6 is 31.9 Å². The Labute approximate surface area is 103 Å². The van der Waals surface area contributed by atoms with Crippen LogP contribution in [0.1, 0.15) is 5.69 Å². The standard InChI is InChI=1S/C9H6Br2FN3/c10-4-7-5-15(14-13-7)9-2-1-6(11)3-8(9)12/h1-3,5H,4H2. The monoisotopic (exact) mass is 333 g/mol. The highest BCUT2D eigenvalue weighted by Crippen LogP contribution is 2.18. The van der Waals surface area contributed by atoms with Gasteiger partial charge < -0.3 is 0 Å². The normalized spacial score (nSPS) is 10.6. The lowest BCUT2D eigenvalue weighted by Crippen LogP contribution is -1.98. The zero-order chi connectivity index (χ0) is 10.8. The largest absolute Gasteiger partial charge is 0.217 e. The second-order valence-corrected chi connectivity index (χ2v) is 4.36. The summed E-state index contributed by atoms with van der Waals surface area (Å²) in [7, 11) is 0. The van der Waals surface area contributed by atoms with Gasteiger partial charge in [-0.15, -0.1) is 5.10 Å². The van der Waals surface area contributed by atoms with E-state index in [-0.39, 0.29) is 5.82 Å². The van der Waals surface area contributed by atoms with E-state index in [4.69, 9.17) is 0 Å². The Hall–Kier alpha value is -0.750. The molecule has 6 heteroatoms. The zero-order valence-electron chi connectivity index (χ0n) is 7.49. The highest BCUT2D eigenvalue weighted by molar-refractivity contribution is 9.10. The van der Waals surface area contributed by atoms with Gasteiger partial charge in [0.15, 0.2) is 0 Å². The van der Waals surface area contributed by atoms with E-state index in [0.717, 1.165) is 5.69 Å². The highest BCUT2D eigenvalue weighted by atomic mass is 79.9. The van der Waals surface area contributed by atoms with E-state index in [2.05, 4.69) is 42.2 Å². The van der Waals surface area contributed by atoms with Gasteiger partial charge in [0, 0.05) is 9.80 Å². The first kappa shape index (κ1) is 10.8. The molecular formula is C9H6Br2FN3. The van der Waals surface area contributed by atoms with E-state index in [1.54, 1.807) is 18.3 Å². The molecule has 0 saturated heterocycles. The van der Waals surface area contributed by atoms with Crippen LogP contribution in [0.5, 0.6) is 0 Å². The zero-order valence-corrected chi connectivity index (χ0v) is 10.7. The third-order valence-corrected chi connectivity index (χ3v) is 2.90. The first-order chi connectivity index (χ1) is 7.20. The summed E-state index contributed by atoms with van der Waals surface area (Å²) in [6, 6.07) is 4.80. The number of benzene rings is 1. The van der Waals surface area contributed by atoms with Crippen molar-refractivity contribution in [2.75, 3.05) is 0 Å². The number of rotatable bonds is 2. The predicted molar refractivity (Wildman–Crippen MR) is 61.6 cm³/mol. The molecule has 0 spiro atoms. The molecule has 3 nitrogen and oxygen atoms in total. The van der Waals surface area contributed by atoms with Crippen LogP contribution in [0, 0.1) is 5.82 Å². The van der Waals surface area contributed by atoms with Crippen molar-refractivity contribution < 1.29 is 4.39 Å². The molecule has 0 unspecified atom stereocenters. The molecule has 0 atom stereocenters. The van der Waals surface area contributed by atoms with Gasteiger partial charge >= 0.3 is 0 Å². The van der Waals surface area contributed by atoms with Crippen molar-refractivity contribution in [1.82, 2.24) is 15.0 Å². The van der Waals surface area contributed by atoms with Gasteiger partial charge in [0.05, 0.1) is 11.9 Å². The van der Waals surface area contributed by atoms with Crippen LogP contribution < -0.4 is 0 Å². The number of hydrogen-bond acceptors (Lipinski definition) is 2. The molecule has 0 fully saturated rings. The summed E-state index contributed by atoms with van der Waals surface area (Å²) in [4.78, 5) is 0. The van der Waals surface area contributed by atoms with Crippen LogP contribution in [-0.4, -0.2) is 15.0 Å². The minimum absolute atomic E-state index is 0.338.